The van der Waals surface area contributed by atoms with E-state index in [0.717, 1.165) is 29.7 Å². The van der Waals surface area contributed by atoms with Gasteiger partial charge in [-0.25, -0.2) is 10.9 Å². The summed E-state index contributed by atoms with van der Waals surface area (Å²) in [5, 5.41) is 10.5. The summed E-state index contributed by atoms with van der Waals surface area (Å²) >= 11 is 0. The second kappa shape index (κ2) is 9.68. The van der Waals surface area contributed by atoms with E-state index in [1.54, 1.807) is 19.2 Å². The Morgan fingerprint density at radius 3 is 2.65 bits per heavy atom. The van der Waals surface area contributed by atoms with Gasteiger partial charge in [-0.2, -0.15) is 0 Å². The average Bonchev–Trinajstić information content (AvgIpc) is 3.32. The summed E-state index contributed by atoms with van der Waals surface area (Å²) in [6, 6.07) is 14.6. The molecule has 7 heteroatoms. The van der Waals surface area contributed by atoms with Crippen molar-refractivity contribution in [1.29, 1.82) is 0 Å². The van der Waals surface area contributed by atoms with Crippen molar-refractivity contribution in [1.82, 2.24) is 15.8 Å². The van der Waals surface area contributed by atoms with E-state index in [0.29, 0.717) is 19.8 Å². The lowest BCUT2D eigenvalue weighted by atomic mass is 9.83. The lowest BCUT2D eigenvalue weighted by Crippen LogP contribution is -2.42. The zero-order valence-corrected chi connectivity index (χ0v) is 18.1. The smallest absolute Gasteiger partial charge is 0.242 e. The van der Waals surface area contributed by atoms with Gasteiger partial charge in [-0.05, 0) is 30.2 Å². The second-order valence-corrected chi connectivity index (χ2v) is 8.12. The van der Waals surface area contributed by atoms with Crippen LogP contribution in [0.4, 0.5) is 0 Å². The first-order valence-corrected chi connectivity index (χ1v) is 11.0. The molecule has 0 aliphatic carbocycles. The third kappa shape index (κ3) is 4.26. The molecule has 2 aromatic rings. The van der Waals surface area contributed by atoms with Crippen LogP contribution in [0.1, 0.15) is 43.0 Å². The number of benzene rings is 2. The summed E-state index contributed by atoms with van der Waals surface area (Å²) in [6.07, 6.45) is 2.07. The first-order chi connectivity index (χ1) is 15.2. The summed E-state index contributed by atoms with van der Waals surface area (Å²) in [5.41, 5.74) is 8.25. The molecule has 4 rings (SSSR count). The van der Waals surface area contributed by atoms with Crippen LogP contribution in [0.25, 0.3) is 0 Å². The molecule has 7 nitrogen and oxygen atoms in total. The lowest BCUT2D eigenvalue weighted by Gasteiger charge is -2.31. The van der Waals surface area contributed by atoms with Gasteiger partial charge < -0.3 is 19.5 Å². The van der Waals surface area contributed by atoms with Crippen molar-refractivity contribution >= 4 is 5.91 Å². The number of methoxy groups -OCH3 is 1. The second-order valence-electron chi connectivity index (χ2n) is 8.12. The first kappa shape index (κ1) is 21.6. The molecular formula is C24H31N3O4. The van der Waals surface area contributed by atoms with Gasteiger partial charge in [0.25, 0.3) is 0 Å². The van der Waals surface area contributed by atoms with Crippen LogP contribution in [0.2, 0.25) is 0 Å². The fraction of sp³-hybridized carbons (Fsp3) is 0.458. The number of aromatic hydroxyl groups is 1. The number of unbranched alkanes of at least 4 members (excludes halogenated alkanes) is 1. The highest BCUT2D eigenvalue weighted by Gasteiger charge is 2.55. The number of nitrogens with zero attached hydrogens (tertiary/aromatic N) is 1. The predicted octanol–water partition coefficient (Wildman–Crippen LogP) is 2.93. The highest BCUT2D eigenvalue weighted by molar-refractivity contribution is 5.86. The molecule has 4 unspecified atom stereocenters. The van der Waals surface area contributed by atoms with Gasteiger partial charge in [0.2, 0.25) is 5.91 Å². The van der Waals surface area contributed by atoms with Crippen molar-refractivity contribution in [2.24, 2.45) is 5.92 Å². The van der Waals surface area contributed by atoms with E-state index in [1.165, 1.54) is 0 Å². The topological polar surface area (TPSA) is 83.1 Å². The molecule has 3 N–H and O–H groups in total. The zero-order chi connectivity index (χ0) is 21.8. The number of phenolic OH excluding ortho intramolecular Hbond substituents is 1. The Morgan fingerprint density at radius 2 is 1.87 bits per heavy atom. The standard InChI is InChI=1S/C24H31N3O4/c1-3-4-13-31-17-9-7-8-16(15-17)23-20-21(18-10-5-6-11-19(18)28)25-26-22(20)24(29)27(23)12-14-30-2/h5-11,15,20-23,25-26,28H,3-4,12-14H2,1-2H3. The molecule has 2 aromatic carbocycles. The molecule has 0 aromatic heterocycles. The summed E-state index contributed by atoms with van der Waals surface area (Å²) in [5.74, 6) is 0.977. The quantitative estimate of drug-likeness (QED) is 0.536. The number of fused-ring (bicyclic) bond motifs is 1. The Labute approximate surface area is 183 Å². The summed E-state index contributed by atoms with van der Waals surface area (Å²) in [7, 11) is 1.64. The average molecular weight is 426 g/mol. The lowest BCUT2D eigenvalue weighted by molar-refractivity contribution is -0.131. The van der Waals surface area contributed by atoms with Crippen molar-refractivity contribution < 1.29 is 19.4 Å². The minimum atomic E-state index is -0.379. The van der Waals surface area contributed by atoms with Gasteiger partial charge >= 0.3 is 0 Å². The Bertz CT molecular complexity index is 906. The molecular weight excluding hydrogens is 394 g/mol. The number of phenols is 1. The molecule has 0 radical (unpaired) electrons. The molecule has 0 bridgehead atoms. The fourth-order valence-corrected chi connectivity index (χ4v) is 4.68. The number of hydrazine groups is 1. The number of amides is 1. The maximum atomic E-state index is 13.3. The fourth-order valence-electron chi connectivity index (χ4n) is 4.68. The molecule has 4 atom stereocenters. The van der Waals surface area contributed by atoms with Gasteiger partial charge in [0.1, 0.15) is 17.5 Å². The van der Waals surface area contributed by atoms with E-state index in [2.05, 4.69) is 17.8 Å². The Balaban J connectivity index is 1.70. The molecule has 31 heavy (non-hydrogen) atoms. The monoisotopic (exact) mass is 425 g/mol. The zero-order valence-electron chi connectivity index (χ0n) is 18.1. The van der Waals surface area contributed by atoms with E-state index < -0.39 is 0 Å². The van der Waals surface area contributed by atoms with E-state index in [1.807, 2.05) is 41.3 Å². The van der Waals surface area contributed by atoms with Crippen molar-refractivity contribution in [3.05, 3.63) is 59.7 Å². The van der Waals surface area contributed by atoms with Gasteiger partial charge in [-0.1, -0.05) is 43.7 Å². The number of carbonyl (C=O) groups is 1. The van der Waals surface area contributed by atoms with Crippen LogP contribution < -0.4 is 15.6 Å². The molecule has 2 saturated heterocycles. The van der Waals surface area contributed by atoms with Crippen LogP contribution in [0, 0.1) is 5.92 Å². The van der Waals surface area contributed by atoms with Crippen molar-refractivity contribution in [3.8, 4) is 11.5 Å². The summed E-state index contributed by atoms with van der Waals surface area (Å²) in [4.78, 5) is 15.2. The van der Waals surface area contributed by atoms with Gasteiger partial charge in [0.15, 0.2) is 0 Å². The molecule has 2 aliphatic rings. The summed E-state index contributed by atoms with van der Waals surface area (Å²) < 4.78 is 11.2. The van der Waals surface area contributed by atoms with Crippen LogP contribution in [-0.2, 0) is 9.53 Å². The predicted molar refractivity (Wildman–Crippen MR) is 118 cm³/mol. The van der Waals surface area contributed by atoms with E-state index in [-0.39, 0.29) is 35.7 Å². The van der Waals surface area contributed by atoms with Crippen molar-refractivity contribution in [3.63, 3.8) is 0 Å². The maximum absolute atomic E-state index is 13.3. The number of rotatable bonds is 9. The van der Waals surface area contributed by atoms with Crippen molar-refractivity contribution in [2.45, 2.75) is 37.9 Å². The number of hydrogen-bond acceptors (Lipinski definition) is 6. The molecule has 2 fully saturated rings. The number of carbonyl (C=O) groups excluding carboxylic acids is 1. The molecule has 1 amide bonds. The van der Waals surface area contributed by atoms with Crippen LogP contribution in [0.5, 0.6) is 11.5 Å². The van der Waals surface area contributed by atoms with E-state index in [4.69, 9.17) is 9.47 Å². The summed E-state index contributed by atoms with van der Waals surface area (Å²) in [6.45, 7) is 3.77. The first-order valence-electron chi connectivity index (χ1n) is 11.0. The SMILES string of the molecule is CCCCOc1cccc(C2C3C(NNC3c3ccccc3O)C(=O)N2CCOC)c1. The molecule has 2 heterocycles. The van der Waals surface area contributed by atoms with Crippen LogP contribution in [-0.4, -0.2) is 48.8 Å². The van der Waals surface area contributed by atoms with Gasteiger partial charge in [0.05, 0.1) is 25.3 Å². The highest BCUT2D eigenvalue weighted by atomic mass is 16.5. The van der Waals surface area contributed by atoms with Crippen LogP contribution >= 0.6 is 0 Å². The molecule has 0 spiro atoms. The molecule has 0 saturated carbocycles. The Hall–Kier alpha value is -2.61. The number of hydrogen-bond donors (Lipinski definition) is 3. The number of likely N-dealkylation sites (tertiary alicyclic amines) is 1. The van der Waals surface area contributed by atoms with E-state index >= 15 is 0 Å². The number of ether oxygens (including phenoxy) is 2. The van der Waals surface area contributed by atoms with Gasteiger partial charge in [0, 0.05) is 25.1 Å². The minimum Gasteiger partial charge on any atom is -0.508 e. The van der Waals surface area contributed by atoms with Crippen molar-refractivity contribution in [2.75, 3.05) is 26.9 Å². The molecule has 166 valence electrons. The normalized spacial score (nSPS) is 25.1. The Kier molecular flexibility index (Phi) is 6.75. The highest BCUT2D eigenvalue weighted by Crippen LogP contribution is 2.48. The number of para-hydroxylation sites is 1. The third-order valence-corrected chi connectivity index (χ3v) is 6.19. The molecule has 2 aliphatic heterocycles. The van der Waals surface area contributed by atoms with E-state index in [9.17, 15) is 9.90 Å². The maximum Gasteiger partial charge on any atom is 0.242 e. The number of nitrogens with one attached hydrogen (secondary N) is 2. The Morgan fingerprint density at radius 1 is 1.06 bits per heavy atom. The van der Waals surface area contributed by atoms with Gasteiger partial charge in [-0.3, -0.25) is 4.79 Å². The third-order valence-electron chi connectivity index (χ3n) is 6.19. The van der Waals surface area contributed by atoms with Crippen LogP contribution in [0.3, 0.4) is 0 Å². The minimum absolute atomic E-state index is 0.0368. The van der Waals surface area contributed by atoms with Gasteiger partial charge in [-0.15, -0.1) is 0 Å². The largest absolute Gasteiger partial charge is 0.508 e. The van der Waals surface area contributed by atoms with Crippen LogP contribution in [0.15, 0.2) is 48.5 Å².